The number of nitrogens with zero attached hydrogens (tertiary/aromatic N) is 2. The summed E-state index contributed by atoms with van der Waals surface area (Å²) in [6.45, 7) is 4.27. The van der Waals surface area contributed by atoms with Gasteiger partial charge in [0.25, 0.3) is 5.91 Å². The van der Waals surface area contributed by atoms with Crippen molar-refractivity contribution < 1.29 is 23.9 Å². The van der Waals surface area contributed by atoms with Crippen molar-refractivity contribution in [1.82, 2.24) is 15.1 Å². The summed E-state index contributed by atoms with van der Waals surface area (Å²) in [5.41, 5.74) is 4.39. The Morgan fingerprint density at radius 3 is 2.62 bits per heavy atom. The predicted molar refractivity (Wildman–Crippen MR) is 137 cm³/mol. The van der Waals surface area contributed by atoms with Gasteiger partial charge in [0.15, 0.2) is 0 Å². The van der Waals surface area contributed by atoms with E-state index in [1.54, 1.807) is 6.07 Å². The second-order valence-electron chi connectivity index (χ2n) is 9.92. The van der Waals surface area contributed by atoms with Crippen molar-refractivity contribution >= 4 is 35.1 Å². The maximum absolute atomic E-state index is 12.9. The van der Waals surface area contributed by atoms with Crippen LogP contribution in [0.4, 0.5) is 0 Å². The number of aryl methyl sites for hydroxylation is 1. The van der Waals surface area contributed by atoms with Gasteiger partial charge in [-0.05, 0) is 47.2 Å². The minimum absolute atomic E-state index is 0.140. The molecule has 2 aromatic rings. The van der Waals surface area contributed by atoms with E-state index in [1.807, 2.05) is 30.3 Å². The van der Waals surface area contributed by atoms with Crippen LogP contribution in [0, 0.1) is 0 Å². The Morgan fingerprint density at radius 1 is 1.05 bits per heavy atom. The number of hydrogen-bond acceptors (Lipinski definition) is 6. The van der Waals surface area contributed by atoms with E-state index >= 15 is 0 Å². The summed E-state index contributed by atoms with van der Waals surface area (Å²) in [7, 11) is 0. The number of carbonyl (C=O) groups excluding carboxylic acids is 4. The summed E-state index contributed by atoms with van der Waals surface area (Å²) in [6, 6.07) is 10.8. The number of hydrogen-bond donors (Lipinski definition) is 1. The van der Waals surface area contributed by atoms with E-state index < -0.39 is 11.9 Å². The normalized spacial score (nSPS) is 20.2. The van der Waals surface area contributed by atoms with Gasteiger partial charge in [-0.1, -0.05) is 35.9 Å². The van der Waals surface area contributed by atoms with E-state index in [4.69, 9.17) is 16.3 Å². The van der Waals surface area contributed by atoms with Crippen molar-refractivity contribution in [1.29, 1.82) is 0 Å². The summed E-state index contributed by atoms with van der Waals surface area (Å²) < 4.78 is 5.41. The number of nitrogens with one attached hydrogen (secondary N) is 1. The lowest BCUT2D eigenvalue weighted by Crippen LogP contribution is -2.52. The van der Waals surface area contributed by atoms with Gasteiger partial charge in [0.2, 0.25) is 11.8 Å². The third kappa shape index (κ3) is 5.92. The molecule has 3 aliphatic rings. The van der Waals surface area contributed by atoms with Crippen LogP contribution in [0.5, 0.6) is 0 Å². The van der Waals surface area contributed by atoms with Crippen molar-refractivity contribution in [3.8, 4) is 0 Å². The molecule has 1 N–H and O–H groups in total. The molecule has 0 aromatic heterocycles. The van der Waals surface area contributed by atoms with Gasteiger partial charge in [0, 0.05) is 56.0 Å². The monoisotopic (exact) mass is 523 g/mol. The number of amides is 3. The SMILES string of the molecule is O=C(CCc1ccc2c(c1)CN(C1CCC(=O)NC1=O)C2=O)Cc1ccc(Cl)c(CN2CCOCC2)c1. The molecule has 194 valence electrons. The van der Waals surface area contributed by atoms with Gasteiger partial charge >= 0.3 is 0 Å². The number of carbonyl (C=O) groups is 4. The third-order valence-corrected chi connectivity index (χ3v) is 7.66. The van der Waals surface area contributed by atoms with Crippen LogP contribution >= 0.6 is 11.6 Å². The topological polar surface area (TPSA) is 96.0 Å². The number of fused-ring (bicyclic) bond motifs is 1. The number of ketones is 1. The molecule has 2 aromatic carbocycles. The van der Waals surface area contributed by atoms with E-state index in [0.29, 0.717) is 42.8 Å². The largest absolute Gasteiger partial charge is 0.379 e. The fourth-order valence-electron chi connectivity index (χ4n) is 5.24. The molecule has 1 unspecified atom stereocenters. The standard InChI is InChI=1S/C28H30ClN3O5/c29-24-6-3-19(14-21(24)16-31-9-11-37-12-10-31)15-22(33)4-1-18-2-5-23-20(13-18)17-32(28(23)36)25-7-8-26(34)30-27(25)35/h2-3,5-6,13-14,25H,1,4,7-12,15-17H2,(H,30,34,35). The van der Waals surface area contributed by atoms with Gasteiger partial charge in [-0.3, -0.25) is 29.4 Å². The zero-order valence-electron chi connectivity index (χ0n) is 20.6. The Bertz CT molecular complexity index is 1240. The quantitative estimate of drug-likeness (QED) is 0.534. The molecule has 0 spiro atoms. The van der Waals surface area contributed by atoms with E-state index in [0.717, 1.165) is 55.1 Å². The highest BCUT2D eigenvalue weighted by Crippen LogP contribution is 2.28. The highest BCUT2D eigenvalue weighted by molar-refractivity contribution is 6.31. The Morgan fingerprint density at radius 2 is 1.84 bits per heavy atom. The summed E-state index contributed by atoms with van der Waals surface area (Å²) in [4.78, 5) is 53.2. The summed E-state index contributed by atoms with van der Waals surface area (Å²) >= 11 is 6.42. The summed E-state index contributed by atoms with van der Waals surface area (Å²) in [6.07, 6.45) is 1.88. The Balaban J connectivity index is 1.17. The van der Waals surface area contributed by atoms with E-state index in [1.165, 1.54) is 4.90 Å². The summed E-state index contributed by atoms with van der Waals surface area (Å²) in [5, 5.41) is 3.03. The van der Waals surface area contributed by atoms with Crippen LogP contribution in [0.25, 0.3) is 0 Å². The molecule has 5 rings (SSSR count). The first-order valence-corrected chi connectivity index (χ1v) is 13.1. The molecule has 3 aliphatic heterocycles. The van der Waals surface area contributed by atoms with Crippen LogP contribution in [0.2, 0.25) is 5.02 Å². The van der Waals surface area contributed by atoms with Crippen molar-refractivity contribution in [2.45, 2.75) is 51.2 Å². The van der Waals surface area contributed by atoms with Crippen LogP contribution in [0.15, 0.2) is 36.4 Å². The molecule has 0 aliphatic carbocycles. The van der Waals surface area contributed by atoms with Gasteiger partial charge in [0.1, 0.15) is 11.8 Å². The number of benzene rings is 2. The van der Waals surface area contributed by atoms with E-state index in [-0.39, 0.29) is 24.0 Å². The smallest absolute Gasteiger partial charge is 0.255 e. The first-order valence-electron chi connectivity index (χ1n) is 12.7. The first-order chi connectivity index (χ1) is 17.9. The van der Waals surface area contributed by atoms with Gasteiger partial charge in [-0.25, -0.2) is 0 Å². The number of imide groups is 1. The molecule has 3 amide bonds. The molecule has 0 radical (unpaired) electrons. The van der Waals surface area contributed by atoms with Gasteiger partial charge in [0.05, 0.1) is 13.2 Å². The van der Waals surface area contributed by atoms with Crippen molar-refractivity contribution in [3.63, 3.8) is 0 Å². The molecule has 8 nitrogen and oxygen atoms in total. The zero-order valence-corrected chi connectivity index (χ0v) is 21.4. The maximum Gasteiger partial charge on any atom is 0.255 e. The fourth-order valence-corrected chi connectivity index (χ4v) is 5.42. The number of piperidine rings is 1. The highest BCUT2D eigenvalue weighted by atomic mass is 35.5. The lowest BCUT2D eigenvalue weighted by Gasteiger charge is -2.29. The van der Waals surface area contributed by atoms with Gasteiger partial charge < -0.3 is 9.64 Å². The van der Waals surface area contributed by atoms with Gasteiger partial charge in [-0.15, -0.1) is 0 Å². The molecule has 0 saturated carbocycles. The second kappa shape index (κ2) is 11.1. The maximum atomic E-state index is 12.9. The average molecular weight is 524 g/mol. The molecular weight excluding hydrogens is 494 g/mol. The van der Waals surface area contributed by atoms with Crippen molar-refractivity contribution in [2.75, 3.05) is 26.3 Å². The molecule has 0 bridgehead atoms. The van der Waals surface area contributed by atoms with Crippen LogP contribution in [0.1, 0.15) is 51.9 Å². The van der Waals surface area contributed by atoms with Crippen LogP contribution in [-0.2, 0) is 45.1 Å². The van der Waals surface area contributed by atoms with Crippen LogP contribution in [0.3, 0.4) is 0 Å². The van der Waals surface area contributed by atoms with Gasteiger partial charge in [-0.2, -0.15) is 0 Å². The molecule has 2 fully saturated rings. The molecule has 1 atom stereocenters. The number of halogens is 1. The van der Waals surface area contributed by atoms with Crippen molar-refractivity contribution in [2.24, 2.45) is 0 Å². The van der Waals surface area contributed by atoms with E-state index in [9.17, 15) is 19.2 Å². The average Bonchev–Trinajstić information content (AvgIpc) is 3.21. The Kier molecular flexibility index (Phi) is 7.69. The van der Waals surface area contributed by atoms with Crippen LogP contribution in [-0.4, -0.2) is 65.6 Å². The minimum Gasteiger partial charge on any atom is -0.379 e. The fraction of sp³-hybridized carbons (Fsp3) is 0.429. The Hall–Kier alpha value is -3.07. The van der Waals surface area contributed by atoms with Crippen LogP contribution < -0.4 is 5.32 Å². The lowest BCUT2D eigenvalue weighted by atomic mass is 9.99. The number of rotatable bonds is 8. The van der Waals surface area contributed by atoms with E-state index in [2.05, 4.69) is 10.2 Å². The van der Waals surface area contributed by atoms with Crippen molar-refractivity contribution in [3.05, 3.63) is 69.2 Å². The predicted octanol–water partition coefficient (Wildman–Crippen LogP) is 2.68. The molecule has 2 saturated heterocycles. The summed E-state index contributed by atoms with van der Waals surface area (Å²) in [5.74, 6) is -0.771. The third-order valence-electron chi connectivity index (χ3n) is 7.29. The minimum atomic E-state index is -0.629. The number of Topliss-reactive ketones (excluding diaryl/α,β-unsaturated/α-hetero) is 1. The number of ether oxygens (including phenoxy) is 1. The molecule has 9 heteroatoms. The first kappa shape index (κ1) is 25.6. The molecule has 3 heterocycles. The molecular formula is C28H30ClN3O5. The lowest BCUT2D eigenvalue weighted by molar-refractivity contribution is -0.137. The highest BCUT2D eigenvalue weighted by Gasteiger charge is 2.39. The molecule has 37 heavy (non-hydrogen) atoms. The second-order valence-corrected chi connectivity index (χ2v) is 10.3. The zero-order chi connectivity index (χ0) is 25.9. The Labute approximate surface area is 220 Å². The number of morpholine rings is 1.